The van der Waals surface area contributed by atoms with E-state index in [0.717, 1.165) is 31.5 Å². The number of carbonyl (C=O) groups excluding carboxylic acids is 2. The fraction of sp³-hybridized carbons (Fsp3) is 0.417. The average molecular weight is 233 g/mol. The summed E-state index contributed by atoms with van der Waals surface area (Å²) in [6.07, 6.45) is 4.08. The number of anilines is 1. The second-order valence-electron chi connectivity index (χ2n) is 4.26. The maximum Gasteiger partial charge on any atom is 0.222 e. The van der Waals surface area contributed by atoms with Crippen LogP contribution in [-0.4, -0.2) is 30.3 Å². The zero-order chi connectivity index (χ0) is 12.3. The van der Waals surface area contributed by atoms with Gasteiger partial charge >= 0.3 is 0 Å². The number of pyridine rings is 1. The predicted molar refractivity (Wildman–Crippen MR) is 63.8 cm³/mol. The van der Waals surface area contributed by atoms with Crippen LogP contribution in [0.3, 0.4) is 0 Å². The molecule has 1 amide bonds. The van der Waals surface area contributed by atoms with Gasteiger partial charge in [-0.3, -0.25) is 9.59 Å². The molecular weight excluding hydrogens is 218 g/mol. The normalized spacial score (nSPS) is 20.0. The maximum absolute atomic E-state index is 11.2. The van der Waals surface area contributed by atoms with Gasteiger partial charge < -0.3 is 10.6 Å². The molecule has 0 saturated carbocycles. The van der Waals surface area contributed by atoms with E-state index in [1.165, 1.54) is 6.20 Å². The highest BCUT2D eigenvalue weighted by Gasteiger charge is 2.24. The van der Waals surface area contributed by atoms with E-state index in [9.17, 15) is 9.59 Å². The lowest BCUT2D eigenvalue weighted by Crippen LogP contribution is -2.41. The Kier molecular flexibility index (Phi) is 3.37. The molecule has 1 aliphatic rings. The molecule has 2 rings (SSSR count). The number of nitrogens with zero attached hydrogens (tertiary/aromatic N) is 2. The summed E-state index contributed by atoms with van der Waals surface area (Å²) in [5, 5.41) is 0. The van der Waals surface area contributed by atoms with Gasteiger partial charge in [-0.05, 0) is 25.0 Å². The van der Waals surface area contributed by atoms with Crippen LogP contribution < -0.4 is 10.6 Å². The highest BCUT2D eigenvalue weighted by Crippen LogP contribution is 2.21. The van der Waals surface area contributed by atoms with Crippen molar-refractivity contribution in [1.29, 1.82) is 0 Å². The summed E-state index contributed by atoms with van der Waals surface area (Å²) < 4.78 is 0. The lowest BCUT2D eigenvalue weighted by Gasteiger charge is -2.32. The van der Waals surface area contributed by atoms with Crippen LogP contribution >= 0.6 is 0 Å². The SMILES string of the molecule is NC(=O)C1CCCN(c2ccc(C=O)cn2)C1. The van der Waals surface area contributed by atoms with Gasteiger partial charge in [-0.25, -0.2) is 4.98 Å². The van der Waals surface area contributed by atoms with Crippen molar-refractivity contribution in [2.45, 2.75) is 12.8 Å². The molecule has 0 bridgehead atoms. The summed E-state index contributed by atoms with van der Waals surface area (Å²) in [4.78, 5) is 27.9. The summed E-state index contributed by atoms with van der Waals surface area (Å²) in [7, 11) is 0. The van der Waals surface area contributed by atoms with Gasteiger partial charge in [0.05, 0.1) is 5.92 Å². The number of nitrogens with two attached hydrogens (primary N) is 1. The Morgan fingerprint density at radius 1 is 1.53 bits per heavy atom. The van der Waals surface area contributed by atoms with Crippen molar-refractivity contribution >= 4 is 18.0 Å². The second-order valence-corrected chi connectivity index (χ2v) is 4.26. The van der Waals surface area contributed by atoms with Crippen molar-refractivity contribution in [3.05, 3.63) is 23.9 Å². The first-order valence-electron chi connectivity index (χ1n) is 5.66. The van der Waals surface area contributed by atoms with Crippen LogP contribution in [0.5, 0.6) is 0 Å². The molecule has 2 N–H and O–H groups in total. The Hall–Kier alpha value is -1.91. The number of rotatable bonds is 3. The van der Waals surface area contributed by atoms with Crippen molar-refractivity contribution in [3.63, 3.8) is 0 Å². The molecule has 5 nitrogen and oxygen atoms in total. The fourth-order valence-corrected chi connectivity index (χ4v) is 2.07. The Morgan fingerprint density at radius 3 is 2.94 bits per heavy atom. The molecule has 1 aliphatic heterocycles. The highest BCUT2D eigenvalue weighted by atomic mass is 16.1. The highest BCUT2D eigenvalue weighted by molar-refractivity contribution is 5.77. The Balaban J connectivity index is 2.10. The number of aldehydes is 1. The van der Waals surface area contributed by atoms with Crippen molar-refractivity contribution in [1.82, 2.24) is 4.98 Å². The van der Waals surface area contributed by atoms with E-state index in [0.29, 0.717) is 12.1 Å². The summed E-state index contributed by atoms with van der Waals surface area (Å²) in [5.41, 5.74) is 5.87. The zero-order valence-electron chi connectivity index (χ0n) is 9.50. The Morgan fingerprint density at radius 2 is 2.35 bits per heavy atom. The monoisotopic (exact) mass is 233 g/mol. The first-order valence-corrected chi connectivity index (χ1v) is 5.66. The van der Waals surface area contributed by atoms with Gasteiger partial charge in [-0.2, -0.15) is 0 Å². The van der Waals surface area contributed by atoms with Crippen LogP contribution in [0.2, 0.25) is 0 Å². The molecule has 0 aromatic carbocycles. The quantitative estimate of drug-likeness (QED) is 0.775. The summed E-state index contributed by atoms with van der Waals surface area (Å²) >= 11 is 0. The number of amides is 1. The van der Waals surface area contributed by atoms with E-state index < -0.39 is 0 Å². The molecule has 17 heavy (non-hydrogen) atoms. The topological polar surface area (TPSA) is 76.3 Å². The Labute approximate surface area is 99.6 Å². The van der Waals surface area contributed by atoms with Crippen molar-refractivity contribution in [2.24, 2.45) is 11.7 Å². The standard InChI is InChI=1S/C12H15N3O2/c13-12(17)10-2-1-5-15(7-10)11-4-3-9(8-16)6-14-11/h3-4,6,8,10H,1-2,5,7H2,(H2,13,17). The third-order valence-electron chi connectivity index (χ3n) is 3.05. The van der Waals surface area contributed by atoms with Crippen LogP contribution in [-0.2, 0) is 4.79 Å². The largest absolute Gasteiger partial charge is 0.369 e. The maximum atomic E-state index is 11.2. The minimum absolute atomic E-state index is 0.101. The van der Waals surface area contributed by atoms with E-state index in [2.05, 4.69) is 4.98 Å². The van der Waals surface area contributed by atoms with Gasteiger partial charge in [-0.1, -0.05) is 0 Å². The first kappa shape index (κ1) is 11.6. The smallest absolute Gasteiger partial charge is 0.222 e. The number of piperidine rings is 1. The van der Waals surface area contributed by atoms with E-state index in [4.69, 9.17) is 5.73 Å². The van der Waals surface area contributed by atoms with E-state index in [1.54, 1.807) is 12.1 Å². The van der Waals surface area contributed by atoms with Crippen LogP contribution in [0.1, 0.15) is 23.2 Å². The number of aromatic nitrogens is 1. The minimum Gasteiger partial charge on any atom is -0.369 e. The molecule has 0 aliphatic carbocycles. The molecule has 1 aromatic rings. The summed E-state index contributed by atoms with van der Waals surface area (Å²) in [6.45, 7) is 1.49. The predicted octanol–water partition coefficient (Wildman–Crippen LogP) is 0.596. The molecule has 1 saturated heterocycles. The van der Waals surface area contributed by atoms with Crippen LogP contribution in [0.15, 0.2) is 18.3 Å². The molecule has 5 heteroatoms. The lowest BCUT2D eigenvalue weighted by molar-refractivity contribution is -0.122. The number of hydrogen-bond acceptors (Lipinski definition) is 4. The van der Waals surface area contributed by atoms with Crippen LogP contribution in [0.25, 0.3) is 0 Å². The second kappa shape index (κ2) is 4.95. The molecule has 1 atom stereocenters. The number of primary amides is 1. The third-order valence-corrected chi connectivity index (χ3v) is 3.05. The summed E-state index contributed by atoms with van der Waals surface area (Å²) in [6, 6.07) is 3.52. The van der Waals surface area contributed by atoms with Crippen molar-refractivity contribution in [3.8, 4) is 0 Å². The molecule has 1 unspecified atom stereocenters. The Bertz CT molecular complexity index is 416. The third kappa shape index (κ3) is 2.61. The van der Waals surface area contributed by atoms with Crippen LogP contribution in [0, 0.1) is 5.92 Å². The average Bonchev–Trinajstić information content (AvgIpc) is 2.39. The molecule has 0 spiro atoms. The van der Waals surface area contributed by atoms with Crippen LogP contribution in [0.4, 0.5) is 5.82 Å². The van der Waals surface area contributed by atoms with E-state index in [-0.39, 0.29) is 11.8 Å². The minimum atomic E-state index is -0.251. The molecule has 90 valence electrons. The van der Waals surface area contributed by atoms with Gasteiger partial charge in [-0.15, -0.1) is 0 Å². The number of carbonyl (C=O) groups is 2. The van der Waals surface area contributed by atoms with E-state index >= 15 is 0 Å². The lowest BCUT2D eigenvalue weighted by atomic mass is 9.97. The molecule has 1 aromatic heterocycles. The van der Waals surface area contributed by atoms with Gasteiger partial charge in [0.25, 0.3) is 0 Å². The fourth-order valence-electron chi connectivity index (χ4n) is 2.07. The molecular formula is C12H15N3O2. The zero-order valence-corrected chi connectivity index (χ0v) is 9.50. The molecule has 2 heterocycles. The number of hydrogen-bond donors (Lipinski definition) is 1. The van der Waals surface area contributed by atoms with Gasteiger partial charge in [0.2, 0.25) is 5.91 Å². The van der Waals surface area contributed by atoms with E-state index in [1.807, 2.05) is 4.90 Å². The van der Waals surface area contributed by atoms with Crippen molar-refractivity contribution in [2.75, 3.05) is 18.0 Å². The summed E-state index contributed by atoms with van der Waals surface area (Å²) in [5.74, 6) is 0.442. The van der Waals surface area contributed by atoms with Gasteiger partial charge in [0, 0.05) is 24.8 Å². The van der Waals surface area contributed by atoms with Crippen molar-refractivity contribution < 1.29 is 9.59 Å². The van der Waals surface area contributed by atoms with Gasteiger partial charge in [0.15, 0.2) is 6.29 Å². The molecule has 0 radical (unpaired) electrons. The van der Waals surface area contributed by atoms with Gasteiger partial charge in [0.1, 0.15) is 5.82 Å². The first-order chi connectivity index (χ1) is 8.20. The molecule has 1 fully saturated rings.